The summed E-state index contributed by atoms with van der Waals surface area (Å²) in [5.41, 5.74) is 0.963. The number of fused-ring (bicyclic) bond motifs is 5. The lowest BCUT2D eigenvalue weighted by molar-refractivity contribution is -0.135. The SMILES string of the molecule is CO[C@H]1CC[C@]2(C)C3CC[C@@]4(C)C(CC[C@@H]4C(C)O)C3CC[C@H]2C1. The Labute approximate surface area is 148 Å². The van der Waals surface area contributed by atoms with Gasteiger partial charge in [-0.05, 0) is 105 Å². The van der Waals surface area contributed by atoms with E-state index >= 15 is 0 Å². The largest absolute Gasteiger partial charge is 0.393 e. The predicted octanol–water partition coefficient (Wildman–Crippen LogP) is 5.04. The molecule has 0 spiro atoms. The summed E-state index contributed by atoms with van der Waals surface area (Å²) >= 11 is 0. The van der Waals surface area contributed by atoms with E-state index in [1.807, 2.05) is 14.0 Å². The van der Waals surface area contributed by atoms with Crippen molar-refractivity contribution < 1.29 is 9.84 Å². The molecule has 4 aliphatic rings. The minimum Gasteiger partial charge on any atom is -0.393 e. The molecule has 9 atom stereocenters. The summed E-state index contributed by atoms with van der Waals surface area (Å²) in [4.78, 5) is 0. The zero-order valence-electron chi connectivity index (χ0n) is 16.3. The van der Waals surface area contributed by atoms with Gasteiger partial charge >= 0.3 is 0 Å². The van der Waals surface area contributed by atoms with E-state index in [0.29, 0.717) is 22.9 Å². The standard InChI is InChI=1S/C22H38O2/c1-14(23)18-7-8-19-17-6-5-15-13-16(24-4)9-11-21(15,2)20(17)10-12-22(18,19)3/h14-20,23H,5-13H2,1-4H3/t14?,15-,16-,17?,18+,19?,20?,21-,22+/m0/s1. The molecule has 0 aromatic carbocycles. The van der Waals surface area contributed by atoms with Crippen molar-refractivity contribution in [1.29, 1.82) is 0 Å². The summed E-state index contributed by atoms with van der Waals surface area (Å²) in [5, 5.41) is 10.3. The number of methoxy groups -OCH3 is 1. The average molecular weight is 335 g/mol. The third kappa shape index (κ3) is 2.35. The molecule has 0 aromatic rings. The van der Waals surface area contributed by atoms with Gasteiger partial charge in [0.05, 0.1) is 12.2 Å². The first-order valence-electron chi connectivity index (χ1n) is 10.6. The molecule has 0 saturated heterocycles. The van der Waals surface area contributed by atoms with Crippen LogP contribution >= 0.6 is 0 Å². The van der Waals surface area contributed by atoms with E-state index in [1.165, 1.54) is 57.8 Å². The zero-order valence-corrected chi connectivity index (χ0v) is 16.3. The van der Waals surface area contributed by atoms with Crippen LogP contribution in [0.2, 0.25) is 0 Å². The molecule has 138 valence electrons. The Kier molecular flexibility index (Phi) is 4.32. The summed E-state index contributed by atoms with van der Waals surface area (Å²) in [6, 6.07) is 0. The van der Waals surface area contributed by atoms with Crippen molar-refractivity contribution in [2.24, 2.45) is 40.4 Å². The highest BCUT2D eigenvalue weighted by Gasteiger charge is 2.60. The first-order chi connectivity index (χ1) is 11.4. The predicted molar refractivity (Wildman–Crippen MR) is 97.7 cm³/mol. The summed E-state index contributed by atoms with van der Waals surface area (Å²) in [7, 11) is 1.90. The van der Waals surface area contributed by atoms with E-state index in [1.54, 1.807) is 0 Å². The van der Waals surface area contributed by atoms with Crippen LogP contribution in [0.5, 0.6) is 0 Å². The molecule has 0 aliphatic heterocycles. The molecule has 0 heterocycles. The quantitative estimate of drug-likeness (QED) is 0.766. The molecular weight excluding hydrogens is 296 g/mol. The molecular formula is C22H38O2. The fourth-order valence-electron chi connectivity index (χ4n) is 8.27. The van der Waals surface area contributed by atoms with Crippen LogP contribution in [0.25, 0.3) is 0 Å². The van der Waals surface area contributed by atoms with E-state index in [0.717, 1.165) is 23.7 Å². The molecule has 4 fully saturated rings. The molecule has 0 radical (unpaired) electrons. The van der Waals surface area contributed by atoms with Crippen LogP contribution in [0.3, 0.4) is 0 Å². The van der Waals surface area contributed by atoms with Gasteiger partial charge in [0.2, 0.25) is 0 Å². The van der Waals surface area contributed by atoms with E-state index < -0.39 is 0 Å². The second-order valence-electron chi connectivity index (χ2n) is 10.3. The van der Waals surface area contributed by atoms with Crippen LogP contribution in [0.1, 0.15) is 78.6 Å². The van der Waals surface area contributed by atoms with Gasteiger partial charge in [0.15, 0.2) is 0 Å². The van der Waals surface area contributed by atoms with Gasteiger partial charge in [-0.15, -0.1) is 0 Å². The van der Waals surface area contributed by atoms with E-state index in [2.05, 4.69) is 13.8 Å². The number of ether oxygens (including phenoxy) is 1. The van der Waals surface area contributed by atoms with Crippen molar-refractivity contribution in [3.05, 3.63) is 0 Å². The highest BCUT2D eigenvalue weighted by atomic mass is 16.5. The molecule has 0 bridgehead atoms. The van der Waals surface area contributed by atoms with Gasteiger partial charge in [-0.2, -0.15) is 0 Å². The maximum absolute atomic E-state index is 10.3. The normalized spacial score (nSPS) is 55.4. The molecule has 4 rings (SSSR count). The molecule has 4 unspecified atom stereocenters. The van der Waals surface area contributed by atoms with Crippen molar-refractivity contribution >= 4 is 0 Å². The topological polar surface area (TPSA) is 29.5 Å². The van der Waals surface area contributed by atoms with E-state index in [4.69, 9.17) is 4.74 Å². The maximum Gasteiger partial charge on any atom is 0.0574 e. The fraction of sp³-hybridized carbons (Fsp3) is 1.00. The Balaban J connectivity index is 1.58. The van der Waals surface area contributed by atoms with Gasteiger partial charge in [0.1, 0.15) is 0 Å². The van der Waals surface area contributed by atoms with E-state index in [-0.39, 0.29) is 6.10 Å². The summed E-state index contributed by atoms with van der Waals surface area (Å²) in [6.07, 6.45) is 12.6. The Morgan fingerprint density at radius 1 is 0.917 bits per heavy atom. The Morgan fingerprint density at radius 2 is 1.62 bits per heavy atom. The smallest absolute Gasteiger partial charge is 0.0574 e. The minimum atomic E-state index is -0.124. The first-order valence-corrected chi connectivity index (χ1v) is 10.6. The minimum absolute atomic E-state index is 0.124. The second kappa shape index (κ2) is 5.98. The first kappa shape index (κ1) is 17.3. The maximum atomic E-state index is 10.3. The molecule has 1 N–H and O–H groups in total. The van der Waals surface area contributed by atoms with Crippen molar-refractivity contribution in [1.82, 2.24) is 0 Å². The summed E-state index contributed by atoms with van der Waals surface area (Å²) < 4.78 is 5.72. The van der Waals surface area contributed by atoms with Crippen LogP contribution in [0, 0.1) is 40.4 Å². The third-order valence-electron chi connectivity index (χ3n) is 9.61. The van der Waals surface area contributed by atoms with Gasteiger partial charge < -0.3 is 9.84 Å². The van der Waals surface area contributed by atoms with Gasteiger partial charge in [0.25, 0.3) is 0 Å². The van der Waals surface area contributed by atoms with Gasteiger partial charge in [-0.1, -0.05) is 13.8 Å². The molecule has 2 heteroatoms. The number of aliphatic hydroxyl groups excluding tert-OH is 1. The number of hydrogen-bond acceptors (Lipinski definition) is 2. The second-order valence-corrected chi connectivity index (χ2v) is 10.3. The van der Waals surface area contributed by atoms with Crippen molar-refractivity contribution in [3.8, 4) is 0 Å². The average Bonchev–Trinajstić information content (AvgIpc) is 2.91. The molecule has 4 aliphatic carbocycles. The van der Waals surface area contributed by atoms with Crippen LogP contribution < -0.4 is 0 Å². The zero-order chi connectivity index (χ0) is 17.1. The van der Waals surface area contributed by atoms with Crippen LogP contribution in [0.15, 0.2) is 0 Å². The summed E-state index contributed by atoms with van der Waals surface area (Å²) in [6.45, 7) is 7.19. The summed E-state index contributed by atoms with van der Waals surface area (Å²) in [5.74, 6) is 4.15. The number of hydrogen-bond donors (Lipinski definition) is 1. The Hall–Kier alpha value is -0.0800. The lowest BCUT2D eigenvalue weighted by Crippen LogP contribution is -2.54. The molecule has 4 saturated carbocycles. The van der Waals surface area contributed by atoms with Crippen molar-refractivity contribution in [3.63, 3.8) is 0 Å². The monoisotopic (exact) mass is 334 g/mol. The Bertz CT molecular complexity index is 475. The highest BCUT2D eigenvalue weighted by molar-refractivity contribution is 5.09. The molecule has 2 nitrogen and oxygen atoms in total. The molecule has 0 aromatic heterocycles. The van der Waals surface area contributed by atoms with Gasteiger partial charge in [-0.25, -0.2) is 0 Å². The van der Waals surface area contributed by atoms with E-state index in [9.17, 15) is 5.11 Å². The van der Waals surface area contributed by atoms with Crippen molar-refractivity contribution in [2.45, 2.75) is 90.8 Å². The highest BCUT2D eigenvalue weighted by Crippen LogP contribution is 2.67. The molecule has 24 heavy (non-hydrogen) atoms. The third-order valence-corrected chi connectivity index (χ3v) is 9.61. The van der Waals surface area contributed by atoms with Gasteiger partial charge in [0, 0.05) is 7.11 Å². The Morgan fingerprint density at radius 3 is 2.33 bits per heavy atom. The number of aliphatic hydroxyl groups is 1. The lowest BCUT2D eigenvalue weighted by Gasteiger charge is -2.61. The van der Waals surface area contributed by atoms with Crippen LogP contribution in [-0.2, 0) is 4.74 Å². The lowest BCUT2D eigenvalue weighted by atomic mass is 9.44. The molecule has 0 amide bonds. The van der Waals surface area contributed by atoms with Crippen LogP contribution in [0.4, 0.5) is 0 Å². The number of rotatable bonds is 2. The fourth-order valence-corrected chi connectivity index (χ4v) is 8.27. The van der Waals surface area contributed by atoms with Crippen LogP contribution in [-0.4, -0.2) is 24.4 Å². The van der Waals surface area contributed by atoms with Gasteiger partial charge in [-0.3, -0.25) is 0 Å². The van der Waals surface area contributed by atoms with Crippen molar-refractivity contribution in [2.75, 3.05) is 7.11 Å².